The Bertz CT molecular complexity index is 622. The summed E-state index contributed by atoms with van der Waals surface area (Å²) in [5, 5.41) is 0. The van der Waals surface area contributed by atoms with Gasteiger partial charge in [0.1, 0.15) is 0 Å². The number of nitrogens with two attached hydrogens (primary N) is 1. The summed E-state index contributed by atoms with van der Waals surface area (Å²) >= 11 is 3.65. The first kappa shape index (κ1) is 13.7. The van der Waals surface area contributed by atoms with Crippen molar-refractivity contribution in [2.45, 2.75) is 25.8 Å². The third-order valence-electron chi connectivity index (χ3n) is 3.90. The number of aryl methyl sites for hydroxylation is 1. The highest BCUT2D eigenvalue weighted by Gasteiger charge is 2.18. The van der Waals surface area contributed by atoms with Gasteiger partial charge in [0, 0.05) is 28.4 Å². The van der Waals surface area contributed by atoms with E-state index in [-0.39, 0.29) is 6.04 Å². The predicted octanol–water partition coefficient (Wildman–Crippen LogP) is 4.55. The van der Waals surface area contributed by atoms with Crippen molar-refractivity contribution in [1.82, 2.24) is 0 Å². The molecule has 3 rings (SSSR count). The molecule has 0 spiro atoms. The Kier molecular flexibility index (Phi) is 3.81. The van der Waals surface area contributed by atoms with E-state index in [1.54, 1.807) is 0 Å². The van der Waals surface area contributed by atoms with Gasteiger partial charge in [0.05, 0.1) is 0 Å². The van der Waals surface area contributed by atoms with Gasteiger partial charge in [-0.1, -0.05) is 40.2 Å². The number of anilines is 2. The minimum absolute atomic E-state index is 0.0482. The molecule has 20 heavy (non-hydrogen) atoms. The van der Waals surface area contributed by atoms with Crippen molar-refractivity contribution >= 4 is 27.3 Å². The maximum absolute atomic E-state index is 5.98. The molecule has 0 aromatic heterocycles. The molecular formula is C17H19BrN2. The van der Waals surface area contributed by atoms with Crippen LogP contribution in [0, 0.1) is 0 Å². The van der Waals surface area contributed by atoms with Gasteiger partial charge in [0.2, 0.25) is 0 Å². The van der Waals surface area contributed by atoms with E-state index in [0.717, 1.165) is 16.6 Å². The SMILES string of the molecule is C[C@@H](N)c1ccc(N2CCCc3ccccc32)cc1Br. The van der Waals surface area contributed by atoms with Gasteiger partial charge in [-0.25, -0.2) is 0 Å². The van der Waals surface area contributed by atoms with E-state index in [9.17, 15) is 0 Å². The lowest BCUT2D eigenvalue weighted by Gasteiger charge is -2.31. The molecule has 3 heteroatoms. The molecule has 104 valence electrons. The lowest BCUT2D eigenvalue weighted by Crippen LogP contribution is -2.24. The van der Waals surface area contributed by atoms with Crippen LogP contribution in [-0.2, 0) is 6.42 Å². The highest BCUT2D eigenvalue weighted by molar-refractivity contribution is 9.10. The van der Waals surface area contributed by atoms with Crippen LogP contribution in [0.2, 0.25) is 0 Å². The van der Waals surface area contributed by atoms with Crippen LogP contribution >= 0.6 is 15.9 Å². The minimum atomic E-state index is 0.0482. The highest BCUT2D eigenvalue weighted by Crippen LogP contribution is 2.35. The molecule has 0 saturated heterocycles. The fraction of sp³-hybridized carbons (Fsp3) is 0.294. The average molecular weight is 331 g/mol. The molecular weight excluding hydrogens is 312 g/mol. The van der Waals surface area contributed by atoms with E-state index in [4.69, 9.17) is 5.73 Å². The molecule has 2 nitrogen and oxygen atoms in total. The zero-order valence-corrected chi connectivity index (χ0v) is 13.2. The van der Waals surface area contributed by atoms with Crippen LogP contribution in [0.5, 0.6) is 0 Å². The first-order valence-corrected chi connectivity index (χ1v) is 7.86. The van der Waals surface area contributed by atoms with Gasteiger partial charge >= 0.3 is 0 Å². The van der Waals surface area contributed by atoms with Crippen LogP contribution in [0.25, 0.3) is 0 Å². The molecule has 0 unspecified atom stereocenters. The summed E-state index contributed by atoms with van der Waals surface area (Å²) in [7, 11) is 0. The molecule has 0 radical (unpaired) electrons. The first-order chi connectivity index (χ1) is 9.66. The topological polar surface area (TPSA) is 29.3 Å². The Balaban J connectivity index is 2.00. The molecule has 1 aliphatic rings. The third kappa shape index (κ3) is 2.48. The fourth-order valence-corrected chi connectivity index (χ4v) is 3.58. The monoisotopic (exact) mass is 330 g/mol. The van der Waals surface area contributed by atoms with Crippen molar-refractivity contribution < 1.29 is 0 Å². The number of benzene rings is 2. The second kappa shape index (κ2) is 5.58. The summed E-state index contributed by atoms with van der Waals surface area (Å²) in [6, 6.07) is 15.2. The Morgan fingerprint density at radius 3 is 2.75 bits per heavy atom. The molecule has 0 bridgehead atoms. The summed E-state index contributed by atoms with van der Waals surface area (Å²) in [5.41, 5.74) is 11.1. The van der Waals surface area contributed by atoms with Crippen molar-refractivity contribution in [2.24, 2.45) is 5.73 Å². The third-order valence-corrected chi connectivity index (χ3v) is 4.58. The van der Waals surface area contributed by atoms with Crippen molar-refractivity contribution in [3.8, 4) is 0 Å². The summed E-state index contributed by atoms with van der Waals surface area (Å²) in [6.07, 6.45) is 2.37. The molecule has 2 aromatic carbocycles. The van der Waals surface area contributed by atoms with E-state index in [0.29, 0.717) is 0 Å². The summed E-state index contributed by atoms with van der Waals surface area (Å²) in [6.45, 7) is 3.08. The molecule has 2 N–H and O–H groups in total. The van der Waals surface area contributed by atoms with Crippen LogP contribution in [0.4, 0.5) is 11.4 Å². The number of hydrogen-bond donors (Lipinski definition) is 1. The Labute approximate surface area is 128 Å². The zero-order valence-electron chi connectivity index (χ0n) is 11.6. The molecule has 0 aliphatic carbocycles. The number of fused-ring (bicyclic) bond motifs is 1. The number of nitrogens with zero attached hydrogens (tertiary/aromatic N) is 1. The van der Waals surface area contributed by atoms with E-state index in [2.05, 4.69) is 63.3 Å². The van der Waals surface area contributed by atoms with Crippen molar-refractivity contribution in [3.05, 3.63) is 58.1 Å². The number of halogens is 1. The summed E-state index contributed by atoms with van der Waals surface area (Å²) < 4.78 is 1.09. The van der Waals surface area contributed by atoms with E-state index in [1.807, 2.05) is 6.92 Å². The van der Waals surface area contributed by atoms with Crippen LogP contribution in [0.15, 0.2) is 46.9 Å². The van der Waals surface area contributed by atoms with Gasteiger partial charge in [-0.2, -0.15) is 0 Å². The molecule has 1 heterocycles. The second-order valence-corrected chi connectivity index (χ2v) is 6.23. The molecule has 0 saturated carbocycles. The second-order valence-electron chi connectivity index (χ2n) is 5.38. The Hall–Kier alpha value is -1.32. The maximum atomic E-state index is 5.98. The maximum Gasteiger partial charge on any atom is 0.0443 e. The largest absolute Gasteiger partial charge is 0.341 e. The van der Waals surface area contributed by atoms with Gasteiger partial charge < -0.3 is 10.6 Å². The van der Waals surface area contributed by atoms with Crippen molar-refractivity contribution in [3.63, 3.8) is 0 Å². The van der Waals surface area contributed by atoms with Crippen LogP contribution < -0.4 is 10.6 Å². The average Bonchev–Trinajstić information content (AvgIpc) is 2.46. The minimum Gasteiger partial charge on any atom is -0.341 e. The lowest BCUT2D eigenvalue weighted by atomic mass is 10.0. The van der Waals surface area contributed by atoms with Gasteiger partial charge in [0.15, 0.2) is 0 Å². The standard InChI is InChI=1S/C17H19BrN2/c1-12(19)15-9-8-14(11-16(15)18)20-10-4-6-13-5-2-3-7-17(13)20/h2-3,5,7-9,11-12H,4,6,10,19H2,1H3/t12-/m1/s1. The van der Waals surface area contributed by atoms with E-state index in [1.165, 1.54) is 29.8 Å². The van der Waals surface area contributed by atoms with Crippen molar-refractivity contribution in [1.29, 1.82) is 0 Å². The highest BCUT2D eigenvalue weighted by atomic mass is 79.9. The lowest BCUT2D eigenvalue weighted by molar-refractivity contribution is 0.765. The molecule has 0 fully saturated rings. The summed E-state index contributed by atoms with van der Waals surface area (Å²) in [4.78, 5) is 2.40. The smallest absolute Gasteiger partial charge is 0.0443 e. The molecule has 1 aliphatic heterocycles. The molecule has 0 amide bonds. The summed E-state index contributed by atoms with van der Waals surface area (Å²) in [5.74, 6) is 0. The quantitative estimate of drug-likeness (QED) is 0.874. The van der Waals surface area contributed by atoms with Gasteiger partial charge in [-0.05, 0) is 49.1 Å². The number of rotatable bonds is 2. The first-order valence-electron chi connectivity index (χ1n) is 7.07. The van der Waals surface area contributed by atoms with Gasteiger partial charge in [0.25, 0.3) is 0 Å². The Morgan fingerprint density at radius 1 is 1.20 bits per heavy atom. The van der Waals surface area contributed by atoms with Gasteiger partial charge in [-0.15, -0.1) is 0 Å². The normalized spacial score (nSPS) is 15.8. The number of para-hydroxylation sites is 1. The van der Waals surface area contributed by atoms with Crippen LogP contribution in [0.1, 0.15) is 30.5 Å². The van der Waals surface area contributed by atoms with Crippen LogP contribution in [0.3, 0.4) is 0 Å². The van der Waals surface area contributed by atoms with Gasteiger partial charge in [-0.3, -0.25) is 0 Å². The van der Waals surface area contributed by atoms with E-state index >= 15 is 0 Å². The molecule has 1 atom stereocenters. The van der Waals surface area contributed by atoms with Crippen LogP contribution in [-0.4, -0.2) is 6.54 Å². The fourth-order valence-electron chi connectivity index (χ4n) is 2.86. The van der Waals surface area contributed by atoms with E-state index < -0.39 is 0 Å². The predicted molar refractivity (Wildman–Crippen MR) is 88.5 cm³/mol. The zero-order chi connectivity index (χ0) is 14.1. The number of hydrogen-bond acceptors (Lipinski definition) is 2. The Morgan fingerprint density at radius 2 is 2.00 bits per heavy atom. The molecule has 2 aromatic rings. The van der Waals surface area contributed by atoms with Crippen molar-refractivity contribution in [2.75, 3.05) is 11.4 Å².